The number of hydrogen-bond acceptors (Lipinski definition) is 2. The first-order chi connectivity index (χ1) is 12.2. The lowest BCUT2D eigenvalue weighted by Crippen LogP contribution is -2.34. The number of hydrogen-bond donors (Lipinski definition) is 2. The Morgan fingerprint density at radius 1 is 1.12 bits per heavy atom. The van der Waals surface area contributed by atoms with Crippen molar-refractivity contribution in [1.82, 2.24) is 10.2 Å². The molecule has 3 rings (SSSR count). The van der Waals surface area contributed by atoms with Crippen LogP contribution < -0.4 is 10.6 Å². The first-order valence-corrected chi connectivity index (χ1v) is 9.55. The van der Waals surface area contributed by atoms with Gasteiger partial charge in [0.25, 0.3) is 0 Å². The van der Waals surface area contributed by atoms with E-state index in [1.165, 1.54) is 5.56 Å². The molecule has 0 saturated carbocycles. The highest BCUT2D eigenvalue weighted by molar-refractivity contribution is 9.10. The van der Waals surface area contributed by atoms with E-state index in [0.717, 1.165) is 49.2 Å². The van der Waals surface area contributed by atoms with Crippen LogP contribution >= 0.6 is 15.9 Å². The van der Waals surface area contributed by atoms with Crippen molar-refractivity contribution in [1.29, 1.82) is 0 Å². The highest BCUT2D eigenvalue weighted by atomic mass is 79.9. The molecule has 0 radical (unpaired) electrons. The summed E-state index contributed by atoms with van der Waals surface area (Å²) in [5.74, 6) is 0.534. The minimum atomic E-state index is -0.134. The van der Waals surface area contributed by atoms with E-state index in [1.54, 1.807) is 0 Å². The van der Waals surface area contributed by atoms with E-state index in [1.807, 2.05) is 24.3 Å². The Balaban J connectivity index is 1.35. The topological polar surface area (TPSA) is 44.4 Å². The maximum absolute atomic E-state index is 12.0. The SMILES string of the molecule is O=C(NCC1CCN(CCc2ccccc2)C1)Nc1ccc(Br)cc1. The molecule has 1 atom stereocenters. The van der Waals surface area contributed by atoms with Gasteiger partial charge in [-0.05, 0) is 55.1 Å². The second-order valence-electron chi connectivity index (χ2n) is 6.53. The smallest absolute Gasteiger partial charge is 0.319 e. The monoisotopic (exact) mass is 401 g/mol. The molecule has 4 nitrogen and oxygen atoms in total. The van der Waals surface area contributed by atoms with Gasteiger partial charge in [0.05, 0.1) is 0 Å². The Kier molecular flexibility index (Phi) is 6.48. The highest BCUT2D eigenvalue weighted by Gasteiger charge is 2.22. The van der Waals surface area contributed by atoms with Crippen LogP contribution in [-0.2, 0) is 6.42 Å². The third-order valence-corrected chi connectivity index (χ3v) is 5.11. The van der Waals surface area contributed by atoms with Crippen LogP contribution in [0.4, 0.5) is 10.5 Å². The quantitative estimate of drug-likeness (QED) is 0.763. The average Bonchev–Trinajstić information content (AvgIpc) is 3.09. The number of carbonyl (C=O) groups is 1. The van der Waals surface area contributed by atoms with E-state index in [-0.39, 0.29) is 6.03 Å². The molecule has 0 aliphatic carbocycles. The normalized spacial score (nSPS) is 17.4. The number of nitrogens with zero attached hydrogens (tertiary/aromatic N) is 1. The van der Waals surface area contributed by atoms with Crippen molar-refractivity contribution >= 4 is 27.6 Å². The van der Waals surface area contributed by atoms with Crippen LogP contribution in [0.5, 0.6) is 0 Å². The van der Waals surface area contributed by atoms with Gasteiger partial charge in [0.15, 0.2) is 0 Å². The van der Waals surface area contributed by atoms with Gasteiger partial charge in [-0.25, -0.2) is 4.79 Å². The van der Waals surface area contributed by atoms with Crippen molar-refractivity contribution in [3.63, 3.8) is 0 Å². The molecular weight excluding hydrogens is 378 g/mol. The van der Waals surface area contributed by atoms with Crippen LogP contribution in [-0.4, -0.2) is 37.1 Å². The van der Waals surface area contributed by atoms with Crippen molar-refractivity contribution in [2.75, 3.05) is 31.5 Å². The zero-order valence-electron chi connectivity index (χ0n) is 14.2. The van der Waals surface area contributed by atoms with Gasteiger partial charge in [-0.2, -0.15) is 0 Å². The molecule has 1 heterocycles. The second-order valence-corrected chi connectivity index (χ2v) is 7.45. The summed E-state index contributed by atoms with van der Waals surface area (Å²) < 4.78 is 1.00. The van der Waals surface area contributed by atoms with Crippen LogP contribution in [0.2, 0.25) is 0 Å². The molecule has 1 fully saturated rings. The maximum Gasteiger partial charge on any atom is 0.319 e. The Hall–Kier alpha value is -1.85. The van der Waals surface area contributed by atoms with Crippen LogP contribution in [0.3, 0.4) is 0 Å². The Labute approximate surface area is 157 Å². The van der Waals surface area contributed by atoms with Crippen LogP contribution in [0.15, 0.2) is 59.1 Å². The van der Waals surface area contributed by atoms with Gasteiger partial charge in [0.1, 0.15) is 0 Å². The van der Waals surface area contributed by atoms with E-state index in [0.29, 0.717) is 5.92 Å². The van der Waals surface area contributed by atoms with E-state index in [2.05, 4.69) is 61.8 Å². The Morgan fingerprint density at radius 2 is 1.88 bits per heavy atom. The van der Waals surface area contributed by atoms with Gasteiger partial charge in [-0.3, -0.25) is 0 Å². The summed E-state index contributed by atoms with van der Waals surface area (Å²) in [5.41, 5.74) is 2.19. The van der Waals surface area contributed by atoms with Crippen molar-refractivity contribution in [2.45, 2.75) is 12.8 Å². The van der Waals surface area contributed by atoms with E-state index in [4.69, 9.17) is 0 Å². The predicted molar refractivity (Wildman–Crippen MR) is 106 cm³/mol. The van der Waals surface area contributed by atoms with Gasteiger partial charge in [-0.1, -0.05) is 46.3 Å². The van der Waals surface area contributed by atoms with Gasteiger partial charge >= 0.3 is 6.03 Å². The molecule has 1 aliphatic heterocycles. The average molecular weight is 402 g/mol. The number of urea groups is 1. The van der Waals surface area contributed by atoms with Crippen molar-refractivity contribution in [2.24, 2.45) is 5.92 Å². The van der Waals surface area contributed by atoms with Crippen LogP contribution in [0.1, 0.15) is 12.0 Å². The number of anilines is 1. The minimum absolute atomic E-state index is 0.134. The number of likely N-dealkylation sites (tertiary alicyclic amines) is 1. The molecular formula is C20H24BrN3O. The third-order valence-electron chi connectivity index (χ3n) is 4.58. The lowest BCUT2D eigenvalue weighted by atomic mass is 10.1. The predicted octanol–water partition coefficient (Wildman–Crippen LogP) is 4.14. The van der Waals surface area contributed by atoms with Crippen LogP contribution in [0.25, 0.3) is 0 Å². The molecule has 25 heavy (non-hydrogen) atoms. The molecule has 2 N–H and O–H groups in total. The molecule has 0 aromatic heterocycles. The fourth-order valence-electron chi connectivity index (χ4n) is 3.16. The molecule has 2 aromatic rings. The van der Waals surface area contributed by atoms with Crippen molar-refractivity contribution in [3.8, 4) is 0 Å². The largest absolute Gasteiger partial charge is 0.338 e. The molecule has 1 aliphatic rings. The Morgan fingerprint density at radius 3 is 2.64 bits per heavy atom. The standard InChI is InChI=1S/C20H24BrN3O/c21-18-6-8-19(9-7-18)23-20(25)22-14-17-11-13-24(15-17)12-10-16-4-2-1-3-5-16/h1-9,17H,10-15H2,(H2,22,23,25). The summed E-state index contributed by atoms with van der Waals surface area (Å²) in [7, 11) is 0. The molecule has 2 amide bonds. The molecule has 5 heteroatoms. The fourth-order valence-corrected chi connectivity index (χ4v) is 3.42. The zero-order valence-corrected chi connectivity index (χ0v) is 15.8. The lowest BCUT2D eigenvalue weighted by molar-refractivity contribution is 0.249. The van der Waals surface area contributed by atoms with Gasteiger partial charge in [0.2, 0.25) is 0 Å². The van der Waals surface area contributed by atoms with Gasteiger partial charge in [0, 0.05) is 29.8 Å². The van der Waals surface area contributed by atoms with Gasteiger partial charge in [-0.15, -0.1) is 0 Å². The summed E-state index contributed by atoms with van der Waals surface area (Å²) >= 11 is 3.39. The molecule has 132 valence electrons. The second kappa shape index (κ2) is 9.02. The summed E-state index contributed by atoms with van der Waals surface area (Å²) in [4.78, 5) is 14.5. The number of halogens is 1. The van der Waals surface area contributed by atoms with Gasteiger partial charge < -0.3 is 15.5 Å². The summed E-state index contributed by atoms with van der Waals surface area (Å²) in [5, 5.41) is 5.86. The maximum atomic E-state index is 12.0. The lowest BCUT2D eigenvalue weighted by Gasteiger charge is -2.16. The number of rotatable bonds is 6. The number of carbonyl (C=O) groups excluding carboxylic acids is 1. The first-order valence-electron chi connectivity index (χ1n) is 8.76. The highest BCUT2D eigenvalue weighted by Crippen LogP contribution is 2.17. The third kappa shape index (κ3) is 5.87. The van der Waals surface area contributed by atoms with Crippen molar-refractivity contribution < 1.29 is 4.79 Å². The Bertz CT molecular complexity index is 675. The van der Waals surface area contributed by atoms with E-state index < -0.39 is 0 Å². The molecule has 0 bridgehead atoms. The number of nitrogens with one attached hydrogen (secondary N) is 2. The fraction of sp³-hybridized carbons (Fsp3) is 0.350. The molecule has 1 unspecified atom stereocenters. The number of benzene rings is 2. The van der Waals surface area contributed by atoms with E-state index >= 15 is 0 Å². The summed E-state index contributed by atoms with van der Waals surface area (Å²) in [6.07, 6.45) is 2.23. The van der Waals surface area contributed by atoms with Crippen molar-refractivity contribution in [3.05, 3.63) is 64.6 Å². The molecule has 0 spiro atoms. The summed E-state index contributed by atoms with van der Waals surface area (Å²) in [6, 6.07) is 18.1. The first kappa shape index (κ1) is 18.0. The number of amides is 2. The van der Waals surface area contributed by atoms with E-state index in [9.17, 15) is 4.79 Å². The molecule has 1 saturated heterocycles. The van der Waals surface area contributed by atoms with Crippen LogP contribution in [0, 0.1) is 5.92 Å². The zero-order chi connectivity index (χ0) is 17.5. The summed E-state index contributed by atoms with van der Waals surface area (Å²) in [6.45, 7) is 3.99. The molecule has 2 aromatic carbocycles. The minimum Gasteiger partial charge on any atom is -0.338 e.